The molecule has 0 aromatic heterocycles. The highest BCUT2D eigenvalue weighted by Gasteiger charge is 2.53. The molecule has 0 saturated carbocycles. The third kappa shape index (κ3) is 2.70. The Kier molecular flexibility index (Phi) is 4.07. The van der Waals surface area contributed by atoms with Crippen molar-refractivity contribution in [3.63, 3.8) is 0 Å². The monoisotopic (exact) mass is 343 g/mol. The molecule has 22 heavy (non-hydrogen) atoms. The average Bonchev–Trinajstić information content (AvgIpc) is 2.95. The van der Waals surface area contributed by atoms with Crippen molar-refractivity contribution < 1.29 is 18.7 Å². The number of benzene rings is 1. The van der Waals surface area contributed by atoms with E-state index in [1.54, 1.807) is 16.7 Å². The first-order chi connectivity index (χ1) is 10.4. The highest BCUT2D eigenvalue weighted by Crippen LogP contribution is 2.47. The fourth-order valence-electron chi connectivity index (χ4n) is 2.88. The summed E-state index contributed by atoms with van der Waals surface area (Å²) >= 11 is 7.52. The van der Waals surface area contributed by atoms with E-state index in [2.05, 4.69) is 0 Å². The van der Waals surface area contributed by atoms with Crippen molar-refractivity contribution in [3.8, 4) is 0 Å². The Morgan fingerprint density at radius 3 is 3.09 bits per heavy atom. The number of carbonyl (C=O) groups excluding carboxylic acids is 2. The predicted octanol–water partition coefficient (Wildman–Crippen LogP) is 2.98. The van der Waals surface area contributed by atoms with Gasteiger partial charge < -0.3 is 9.64 Å². The zero-order valence-electron chi connectivity index (χ0n) is 12.0. The minimum Gasteiger partial charge on any atom is -0.459 e. The van der Waals surface area contributed by atoms with Gasteiger partial charge in [0.1, 0.15) is 18.5 Å². The van der Waals surface area contributed by atoms with Crippen molar-refractivity contribution in [2.45, 2.75) is 37.3 Å². The second-order valence-corrected chi connectivity index (χ2v) is 7.52. The zero-order valence-corrected chi connectivity index (χ0v) is 13.5. The van der Waals surface area contributed by atoms with E-state index in [-0.39, 0.29) is 22.4 Å². The number of rotatable bonds is 3. The van der Waals surface area contributed by atoms with Gasteiger partial charge in [0.2, 0.25) is 5.91 Å². The topological polar surface area (TPSA) is 46.6 Å². The minimum atomic E-state index is -0.552. The number of amides is 1. The average molecular weight is 344 g/mol. The largest absolute Gasteiger partial charge is 0.459 e. The molecule has 0 unspecified atom stereocenters. The van der Waals surface area contributed by atoms with Crippen LogP contribution in [0.3, 0.4) is 0 Å². The van der Waals surface area contributed by atoms with Crippen LogP contribution in [0, 0.1) is 5.82 Å². The molecule has 0 aliphatic carbocycles. The zero-order chi connectivity index (χ0) is 15.9. The molecule has 1 amide bonds. The lowest BCUT2D eigenvalue weighted by Gasteiger charge is -2.29. The molecule has 2 fully saturated rings. The van der Waals surface area contributed by atoms with E-state index in [0.717, 1.165) is 6.42 Å². The van der Waals surface area contributed by atoms with E-state index in [1.165, 1.54) is 18.2 Å². The van der Waals surface area contributed by atoms with E-state index in [9.17, 15) is 14.0 Å². The molecule has 0 spiro atoms. The lowest BCUT2D eigenvalue weighted by atomic mass is 10.2. The molecular weight excluding hydrogens is 329 g/mol. The molecule has 2 saturated heterocycles. The van der Waals surface area contributed by atoms with Crippen LogP contribution in [0.5, 0.6) is 0 Å². The molecule has 0 N–H and O–H groups in total. The van der Waals surface area contributed by atoms with Gasteiger partial charge in [0.05, 0.1) is 9.89 Å². The maximum Gasteiger partial charge on any atom is 0.330 e. The summed E-state index contributed by atoms with van der Waals surface area (Å²) in [5.41, 5.74) is 0.539. The lowest BCUT2D eigenvalue weighted by Crippen LogP contribution is -2.46. The van der Waals surface area contributed by atoms with Crippen molar-refractivity contribution in [1.29, 1.82) is 0 Å². The number of thioether (sulfide) groups is 1. The fraction of sp³-hybridized carbons (Fsp3) is 0.467. The molecule has 7 heteroatoms. The number of halogens is 2. The number of ether oxygens (including phenoxy) is 1. The third-order valence-corrected chi connectivity index (χ3v) is 5.96. The maximum atomic E-state index is 13.0. The Labute approximate surface area is 136 Å². The number of nitrogens with zero attached hydrogens (tertiary/aromatic N) is 1. The molecule has 118 valence electrons. The van der Waals surface area contributed by atoms with Crippen LogP contribution in [-0.2, 0) is 20.9 Å². The molecule has 4 nitrogen and oxygen atoms in total. The normalized spacial score (nSPS) is 27.1. The van der Waals surface area contributed by atoms with Gasteiger partial charge in [-0.1, -0.05) is 17.7 Å². The summed E-state index contributed by atoms with van der Waals surface area (Å²) in [6.45, 7) is 1.95. The quantitative estimate of drug-likeness (QED) is 0.792. The molecule has 0 radical (unpaired) electrons. The van der Waals surface area contributed by atoms with Gasteiger partial charge >= 0.3 is 5.97 Å². The number of hydrogen-bond donors (Lipinski definition) is 0. The Balaban J connectivity index is 1.66. The van der Waals surface area contributed by atoms with Gasteiger partial charge in [-0.15, -0.1) is 11.8 Å². The lowest BCUT2D eigenvalue weighted by molar-refractivity contribution is -0.154. The molecule has 2 heterocycles. The van der Waals surface area contributed by atoms with Gasteiger partial charge in [-0.3, -0.25) is 4.79 Å². The fourth-order valence-corrected chi connectivity index (χ4v) is 4.52. The molecule has 3 rings (SSSR count). The summed E-state index contributed by atoms with van der Waals surface area (Å²) in [4.78, 5) is 25.6. The van der Waals surface area contributed by atoms with Crippen LogP contribution in [0.4, 0.5) is 4.39 Å². The Morgan fingerprint density at radius 1 is 1.59 bits per heavy atom. The van der Waals surface area contributed by atoms with Crippen LogP contribution >= 0.6 is 23.4 Å². The van der Waals surface area contributed by atoms with Crippen molar-refractivity contribution >= 4 is 35.2 Å². The highest BCUT2D eigenvalue weighted by molar-refractivity contribution is 8.01. The first kappa shape index (κ1) is 15.6. The SMILES string of the molecule is C[C@@]12CCC(=O)N1[C@@H](C(=O)OCc1ccc(F)cc1Cl)CS2. The van der Waals surface area contributed by atoms with Gasteiger partial charge in [-0.25, -0.2) is 9.18 Å². The van der Waals surface area contributed by atoms with Gasteiger partial charge in [0.25, 0.3) is 0 Å². The smallest absolute Gasteiger partial charge is 0.330 e. The highest BCUT2D eigenvalue weighted by atomic mass is 35.5. The van der Waals surface area contributed by atoms with Crippen LogP contribution in [0.1, 0.15) is 25.3 Å². The van der Waals surface area contributed by atoms with Crippen molar-refractivity contribution in [3.05, 3.63) is 34.6 Å². The van der Waals surface area contributed by atoms with Gasteiger partial charge in [-0.05, 0) is 25.5 Å². The Morgan fingerprint density at radius 2 is 2.36 bits per heavy atom. The van der Waals surface area contributed by atoms with Crippen LogP contribution < -0.4 is 0 Å². The molecule has 2 aliphatic rings. The summed E-state index contributed by atoms with van der Waals surface area (Å²) in [7, 11) is 0. The first-order valence-corrected chi connectivity index (χ1v) is 8.34. The number of hydrogen-bond acceptors (Lipinski definition) is 4. The van der Waals surface area contributed by atoms with E-state index in [0.29, 0.717) is 17.7 Å². The van der Waals surface area contributed by atoms with Crippen molar-refractivity contribution in [2.24, 2.45) is 0 Å². The van der Waals surface area contributed by atoms with Gasteiger partial charge in [0, 0.05) is 17.7 Å². The second kappa shape index (κ2) is 5.74. The number of esters is 1. The number of carbonyl (C=O) groups is 2. The molecule has 1 aromatic rings. The summed E-state index contributed by atoms with van der Waals surface area (Å²) in [6.07, 6.45) is 1.22. The van der Waals surface area contributed by atoms with E-state index in [4.69, 9.17) is 16.3 Å². The van der Waals surface area contributed by atoms with Crippen molar-refractivity contribution in [1.82, 2.24) is 4.90 Å². The van der Waals surface area contributed by atoms with Crippen LogP contribution in [-0.4, -0.2) is 33.4 Å². The molecule has 2 aliphatic heterocycles. The maximum absolute atomic E-state index is 13.0. The summed E-state index contributed by atoms with van der Waals surface area (Å²) in [6, 6.07) is 3.38. The molecule has 2 atom stereocenters. The van der Waals surface area contributed by atoms with Gasteiger partial charge in [0.15, 0.2) is 0 Å². The third-order valence-electron chi connectivity index (χ3n) is 4.10. The summed E-state index contributed by atoms with van der Waals surface area (Å²) in [5, 5.41) is 0.218. The first-order valence-electron chi connectivity index (χ1n) is 6.97. The Hall–Kier alpha value is -1.27. The van der Waals surface area contributed by atoms with E-state index in [1.807, 2.05) is 6.92 Å². The van der Waals surface area contributed by atoms with E-state index < -0.39 is 17.8 Å². The standard InChI is InChI=1S/C15H15ClFNO3S/c1-15-5-4-13(19)18(15)12(8-22-15)14(20)21-7-9-2-3-10(17)6-11(9)16/h2-3,6,12H,4-5,7-8H2,1H3/t12-,15-/m1/s1. The van der Waals surface area contributed by atoms with Crippen molar-refractivity contribution in [2.75, 3.05) is 5.75 Å². The van der Waals surface area contributed by atoms with Crippen LogP contribution in [0.15, 0.2) is 18.2 Å². The molecular formula is C15H15ClFNO3S. The minimum absolute atomic E-state index is 0.00531. The summed E-state index contributed by atoms with van der Waals surface area (Å²) < 4.78 is 18.3. The molecule has 1 aromatic carbocycles. The van der Waals surface area contributed by atoms with E-state index >= 15 is 0 Å². The second-order valence-electron chi connectivity index (χ2n) is 5.61. The molecule has 0 bridgehead atoms. The Bertz CT molecular complexity index is 641. The predicted molar refractivity (Wildman–Crippen MR) is 81.9 cm³/mol. The van der Waals surface area contributed by atoms with Crippen LogP contribution in [0.2, 0.25) is 5.02 Å². The van der Waals surface area contributed by atoms with Gasteiger partial charge in [-0.2, -0.15) is 0 Å². The van der Waals surface area contributed by atoms with Crippen LogP contribution in [0.25, 0.3) is 0 Å². The number of fused-ring (bicyclic) bond motifs is 1. The summed E-state index contributed by atoms with van der Waals surface area (Å²) in [5.74, 6) is -0.343.